The highest BCUT2D eigenvalue weighted by Gasteiger charge is 2.03. The number of ether oxygens (including phenoxy) is 2. The average Bonchev–Trinajstić information content (AvgIpc) is 2.52. The molecule has 0 amide bonds. The first kappa shape index (κ1) is 14.2. The van der Waals surface area contributed by atoms with Crippen LogP contribution in [0.3, 0.4) is 0 Å². The molecule has 20 heavy (non-hydrogen) atoms. The van der Waals surface area contributed by atoms with Crippen LogP contribution in [0.15, 0.2) is 54.6 Å². The minimum Gasteiger partial charge on any atom is -0.497 e. The van der Waals surface area contributed by atoms with E-state index in [0.717, 1.165) is 22.6 Å². The summed E-state index contributed by atoms with van der Waals surface area (Å²) in [6.45, 7) is 0.934. The van der Waals surface area contributed by atoms with Crippen molar-refractivity contribution in [3.8, 4) is 11.5 Å². The van der Waals surface area contributed by atoms with E-state index in [1.54, 1.807) is 7.11 Å². The van der Waals surface area contributed by atoms with Gasteiger partial charge in [-0.3, -0.25) is 0 Å². The van der Waals surface area contributed by atoms with Crippen LogP contribution in [-0.4, -0.2) is 13.7 Å². The van der Waals surface area contributed by atoms with Gasteiger partial charge < -0.3 is 15.2 Å². The third-order valence-electron chi connectivity index (χ3n) is 2.93. The van der Waals surface area contributed by atoms with E-state index in [0.29, 0.717) is 13.2 Å². The first-order valence-corrected chi connectivity index (χ1v) is 6.55. The van der Waals surface area contributed by atoms with Crippen molar-refractivity contribution >= 4 is 6.08 Å². The summed E-state index contributed by atoms with van der Waals surface area (Å²) in [7, 11) is 1.64. The Labute approximate surface area is 119 Å². The van der Waals surface area contributed by atoms with Crippen molar-refractivity contribution in [1.82, 2.24) is 0 Å². The number of nitrogens with two attached hydrogens (primary N) is 1. The van der Waals surface area contributed by atoms with Gasteiger partial charge in [0.1, 0.15) is 18.1 Å². The highest BCUT2D eigenvalue weighted by atomic mass is 16.5. The third kappa shape index (κ3) is 3.87. The van der Waals surface area contributed by atoms with Gasteiger partial charge in [-0.05, 0) is 29.8 Å². The van der Waals surface area contributed by atoms with E-state index < -0.39 is 0 Å². The molecule has 2 rings (SSSR count). The fourth-order valence-corrected chi connectivity index (χ4v) is 1.87. The maximum atomic E-state index is 5.73. The van der Waals surface area contributed by atoms with Crippen molar-refractivity contribution in [2.45, 2.75) is 6.54 Å². The van der Waals surface area contributed by atoms with Crippen LogP contribution in [0.1, 0.15) is 11.1 Å². The molecule has 2 aromatic carbocycles. The van der Waals surface area contributed by atoms with Crippen molar-refractivity contribution < 1.29 is 9.47 Å². The molecule has 3 heteroatoms. The van der Waals surface area contributed by atoms with Crippen LogP contribution in [0.4, 0.5) is 0 Å². The summed E-state index contributed by atoms with van der Waals surface area (Å²) in [5.41, 5.74) is 7.82. The molecule has 0 saturated heterocycles. The average molecular weight is 269 g/mol. The summed E-state index contributed by atoms with van der Waals surface area (Å²) in [6, 6.07) is 15.8. The summed E-state index contributed by atoms with van der Waals surface area (Å²) in [5, 5.41) is 0. The van der Waals surface area contributed by atoms with E-state index in [9.17, 15) is 0 Å². The van der Waals surface area contributed by atoms with E-state index in [1.807, 2.05) is 48.6 Å². The lowest BCUT2D eigenvalue weighted by Crippen LogP contribution is -2.03. The van der Waals surface area contributed by atoms with Crippen molar-refractivity contribution in [3.63, 3.8) is 0 Å². The number of hydrogen-bond donors (Lipinski definition) is 1. The number of methoxy groups -OCH3 is 1. The van der Waals surface area contributed by atoms with Crippen molar-refractivity contribution in [2.75, 3.05) is 13.7 Å². The molecular weight excluding hydrogens is 250 g/mol. The molecule has 0 aliphatic rings. The molecule has 0 aliphatic carbocycles. The Balaban J connectivity index is 1.95. The minimum atomic E-state index is 0.426. The second-order valence-electron chi connectivity index (χ2n) is 4.30. The Bertz CT molecular complexity index is 564. The molecule has 0 aromatic heterocycles. The lowest BCUT2D eigenvalue weighted by Gasteiger charge is -2.10. The predicted octanol–water partition coefficient (Wildman–Crippen LogP) is 3.25. The smallest absolute Gasteiger partial charge is 0.124 e. The Kier molecular flexibility index (Phi) is 5.21. The fourth-order valence-electron chi connectivity index (χ4n) is 1.87. The summed E-state index contributed by atoms with van der Waals surface area (Å²) in [6.07, 6.45) is 4.02. The molecule has 0 spiro atoms. The van der Waals surface area contributed by atoms with Crippen molar-refractivity contribution in [3.05, 3.63) is 65.7 Å². The molecule has 0 bridgehead atoms. The molecule has 0 saturated carbocycles. The normalized spacial score (nSPS) is 10.7. The number of rotatable bonds is 6. The first-order valence-electron chi connectivity index (χ1n) is 6.55. The largest absolute Gasteiger partial charge is 0.497 e. The van der Waals surface area contributed by atoms with Crippen LogP contribution in [0.5, 0.6) is 11.5 Å². The van der Waals surface area contributed by atoms with Gasteiger partial charge in [0.25, 0.3) is 0 Å². The van der Waals surface area contributed by atoms with Crippen LogP contribution in [0.25, 0.3) is 6.08 Å². The lowest BCUT2D eigenvalue weighted by atomic mass is 10.2. The molecule has 2 N–H and O–H groups in total. The zero-order valence-electron chi connectivity index (χ0n) is 11.6. The zero-order chi connectivity index (χ0) is 14.2. The SMILES string of the molecule is COc1ccc(OC/C=C/c2ccccc2)c(CN)c1. The van der Waals surface area contributed by atoms with E-state index in [2.05, 4.69) is 12.1 Å². The van der Waals surface area contributed by atoms with Crippen LogP contribution in [0, 0.1) is 0 Å². The van der Waals surface area contributed by atoms with Gasteiger partial charge in [0.15, 0.2) is 0 Å². The number of benzene rings is 2. The Hall–Kier alpha value is -2.26. The second kappa shape index (κ2) is 7.36. The van der Waals surface area contributed by atoms with Crippen molar-refractivity contribution in [1.29, 1.82) is 0 Å². The number of hydrogen-bond acceptors (Lipinski definition) is 3. The molecular formula is C17H19NO2. The van der Waals surface area contributed by atoms with Crippen molar-refractivity contribution in [2.24, 2.45) is 5.73 Å². The molecule has 104 valence electrons. The highest BCUT2D eigenvalue weighted by molar-refractivity contribution is 5.49. The zero-order valence-corrected chi connectivity index (χ0v) is 11.6. The van der Waals surface area contributed by atoms with E-state index in [-0.39, 0.29) is 0 Å². The quantitative estimate of drug-likeness (QED) is 0.875. The fraction of sp³-hybridized carbons (Fsp3) is 0.176. The molecule has 0 fully saturated rings. The van der Waals surface area contributed by atoms with Gasteiger partial charge in [-0.1, -0.05) is 36.4 Å². The summed E-state index contributed by atoms with van der Waals surface area (Å²) >= 11 is 0. The van der Waals surface area contributed by atoms with Gasteiger partial charge in [-0.15, -0.1) is 0 Å². The molecule has 0 aliphatic heterocycles. The van der Waals surface area contributed by atoms with Gasteiger partial charge in [0.2, 0.25) is 0 Å². The molecule has 0 heterocycles. The van der Waals surface area contributed by atoms with Gasteiger partial charge in [-0.25, -0.2) is 0 Å². The molecule has 0 atom stereocenters. The standard InChI is InChI=1S/C17H19NO2/c1-19-16-9-10-17(15(12-16)13-18)20-11-5-8-14-6-3-2-4-7-14/h2-10,12H,11,13,18H2,1H3/b8-5+. The van der Waals surface area contributed by atoms with E-state index >= 15 is 0 Å². The van der Waals surface area contributed by atoms with Gasteiger partial charge >= 0.3 is 0 Å². The van der Waals surface area contributed by atoms with Gasteiger partial charge in [0, 0.05) is 12.1 Å². The summed E-state index contributed by atoms with van der Waals surface area (Å²) < 4.78 is 10.9. The minimum absolute atomic E-state index is 0.426. The summed E-state index contributed by atoms with van der Waals surface area (Å²) in [4.78, 5) is 0. The van der Waals surface area contributed by atoms with E-state index in [1.165, 1.54) is 0 Å². The van der Waals surface area contributed by atoms with Crippen LogP contribution >= 0.6 is 0 Å². The topological polar surface area (TPSA) is 44.5 Å². The molecule has 0 unspecified atom stereocenters. The molecule has 3 nitrogen and oxygen atoms in total. The van der Waals surface area contributed by atoms with E-state index in [4.69, 9.17) is 15.2 Å². The Morgan fingerprint density at radius 1 is 1.10 bits per heavy atom. The van der Waals surface area contributed by atoms with Crippen LogP contribution < -0.4 is 15.2 Å². The summed E-state index contributed by atoms with van der Waals surface area (Å²) in [5.74, 6) is 1.59. The van der Waals surface area contributed by atoms with Gasteiger partial charge in [-0.2, -0.15) is 0 Å². The highest BCUT2D eigenvalue weighted by Crippen LogP contribution is 2.23. The lowest BCUT2D eigenvalue weighted by molar-refractivity contribution is 0.357. The predicted molar refractivity (Wildman–Crippen MR) is 81.9 cm³/mol. The van der Waals surface area contributed by atoms with Crippen LogP contribution in [-0.2, 0) is 6.54 Å². The first-order chi connectivity index (χ1) is 9.83. The second-order valence-corrected chi connectivity index (χ2v) is 4.30. The monoisotopic (exact) mass is 269 g/mol. The maximum Gasteiger partial charge on any atom is 0.124 e. The molecule has 2 aromatic rings. The van der Waals surface area contributed by atoms with Gasteiger partial charge in [0.05, 0.1) is 7.11 Å². The Morgan fingerprint density at radius 3 is 2.60 bits per heavy atom. The third-order valence-corrected chi connectivity index (χ3v) is 2.93. The maximum absolute atomic E-state index is 5.73. The Morgan fingerprint density at radius 2 is 1.90 bits per heavy atom. The molecule has 0 radical (unpaired) electrons. The van der Waals surface area contributed by atoms with Crippen LogP contribution in [0.2, 0.25) is 0 Å².